The molecule has 0 aliphatic carbocycles. The second-order valence-corrected chi connectivity index (χ2v) is 4.88. The molecule has 1 aromatic carbocycles. The van der Waals surface area contributed by atoms with E-state index in [1.165, 1.54) is 0 Å². The number of carbonyl (C=O) groups excluding carboxylic acids is 1. The van der Waals surface area contributed by atoms with Crippen LogP contribution in [0.25, 0.3) is 0 Å². The highest BCUT2D eigenvalue weighted by Crippen LogP contribution is 2.22. The number of aliphatic hydroxyl groups excluding tert-OH is 1. The second-order valence-electron chi connectivity index (χ2n) is 4.88. The Hall–Kier alpha value is -2.09. The molecule has 1 unspecified atom stereocenters. The lowest BCUT2D eigenvalue weighted by atomic mass is 10.0. The fourth-order valence-electron chi connectivity index (χ4n) is 1.83. The summed E-state index contributed by atoms with van der Waals surface area (Å²) in [6, 6.07) is 0.567. The van der Waals surface area contributed by atoms with Crippen LogP contribution in [0.2, 0.25) is 0 Å². The standard InChI is InChI=1S/C13H16F2N2O4/c1-7(2)10(3-4-18)16-13(19)9-5-8(14)6-11(12(9)15)17(20)21/h5-7,10,18H,3-4H2,1-2H3,(H,16,19). The van der Waals surface area contributed by atoms with Crippen molar-refractivity contribution in [3.8, 4) is 0 Å². The highest BCUT2D eigenvalue weighted by molar-refractivity contribution is 5.95. The normalized spacial score (nSPS) is 12.3. The first-order chi connectivity index (χ1) is 9.77. The maximum Gasteiger partial charge on any atom is 0.308 e. The number of nitro benzene ring substituents is 1. The number of nitrogens with one attached hydrogen (secondary N) is 1. The van der Waals surface area contributed by atoms with E-state index in [0.717, 1.165) is 0 Å². The Morgan fingerprint density at radius 1 is 1.43 bits per heavy atom. The lowest BCUT2D eigenvalue weighted by molar-refractivity contribution is -0.387. The Morgan fingerprint density at radius 3 is 2.52 bits per heavy atom. The number of aliphatic hydroxyl groups is 1. The minimum absolute atomic E-state index is 0.0484. The summed E-state index contributed by atoms with van der Waals surface area (Å²) in [4.78, 5) is 21.5. The Labute approximate surface area is 119 Å². The fourth-order valence-corrected chi connectivity index (χ4v) is 1.83. The van der Waals surface area contributed by atoms with Crippen LogP contribution >= 0.6 is 0 Å². The summed E-state index contributed by atoms with van der Waals surface area (Å²) in [5.74, 6) is -3.46. The third-order valence-corrected chi connectivity index (χ3v) is 3.02. The van der Waals surface area contributed by atoms with Crippen molar-refractivity contribution in [1.82, 2.24) is 5.32 Å². The number of nitro groups is 1. The zero-order chi connectivity index (χ0) is 16.2. The molecule has 116 valence electrons. The van der Waals surface area contributed by atoms with Gasteiger partial charge in [0.25, 0.3) is 5.91 Å². The minimum atomic E-state index is -1.38. The van der Waals surface area contributed by atoms with E-state index < -0.39 is 39.8 Å². The van der Waals surface area contributed by atoms with Crippen molar-refractivity contribution in [2.75, 3.05) is 6.61 Å². The lowest BCUT2D eigenvalue weighted by Crippen LogP contribution is -2.39. The van der Waals surface area contributed by atoms with Gasteiger partial charge in [0.15, 0.2) is 0 Å². The van der Waals surface area contributed by atoms with E-state index in [-0.39, 0.29) is 18.9 Å². The number of nitrogens with zero attached hydrogens (tertiary/aromatic N) is 1. The largest absolute Gasteiger partial charge is 0.396 e. The van der Waals surface area contributed by atoms with Gasteiger partial charge in [0.1, 0.15) is 5.82 Å². The van der Waals surface area contributed by atoms with Crippen LogP contribution in [0.15, 0.2) is 12.1 Å². The van der Waals surface area contributed by atoms with Crippen LogP contribution in [0.1, 0.15) is 30.6 Å². The molecular weight excluding hydrogens is 286 g/mol. The summed E-state index contributed by atoms with van der Waals surface area (Å²) in [6.45, 7) is 3.38. The quantitative estimate of drug-likeness (QED) is 0.621. The summed E-state index contributed by atoms with van der Waals surface area (Å²) in [5.41, 5.74) is -1.83. The molecule has 0 radical (unpaired) electrons. The molecule has 0 aliphatic rings. The third kappa shape index (κ3) is 4.19. The molecule has 2 N–H and O–H groups in total. The summed E-state index contributed by atoms with van der Waals surface area (Å²) in [5, 5.41) is 22.0. The first kappa shape index (κ1) is 17.0. The summed E-state index contributed by atoms with van der Waals surface area (Å²) in [6.07, 6.45) is 0.239. The minimum Gasteiger partial charge on any atom is -0.396 e. The van der Waals surface area contributed by atoms with E-state index in [4.69, 9.17) is 5.11 Å². The van der Waals surface area contributed by atoms with Gasteiger partial charge in [-0.15, -0.1) is 0 Å². The molecule has 0 fully saturated rings. The number of benzene rings is 1. The van der Waals surface area contributed by atoms with E-state index in [2.05, 4.69) is 5.32 Å². The summed E-state index contributed by atoms with van der Waals surface area (Å²) < 4.78 is 27.2. The molecule has 0 saturated carbocycles. The Morgan fingerprint density at radius 2 is 2.05 bits per heavy atom. The van der Waals surface area contributed by atoms with Gasteiger partial charge < -0.3 is 10.4 Å². The highest BCUT2D eigenvalue weighted by atomic mass is 19.1. The summed E-state index contributed by atoms with van der Waals surface area (Å²) >= 11 is 0. The number of hydrogen-bond donors (Lipinski definition) is 2. The molecule has 0 heterocycles. The lowest BCUT2D eigenvalue weighted by Gasteiger charge is -2.21. The van der Waals surface area contributed by atoms with E-state index in [9.17, 15) is 23.7 Å². The molecule has 8 heteroatoms. The van der Waals surface area contributed by atoms with E-state index in [1.807, 2.05) is 0 Å². The number of amides is 1. The van der Waals surface area contributed by atoms with Crippen LogP contribution in [-0.2, 0) is 0 Å². The van der Waals surface area contributed by atoms with Crippen molar-refractivity contribution < 1.29 is 23.6 Å². The predicted octanol–water partition coefficient (Wildman–Crippen LogP) is 2.01. The summed E-state index contributed by atoms with van der Waals surface area (Å²) in [7, 11) is 0. The van der Waals surface area contributed by atoms with E-state index in [1.54, 1.807) is 13.8 Å². The molecular formula is C13H16F2N2O4. The van der Waals surface area contributed by atoms with Crippen molar-refractivity contribution >= 4 is 11.6 Å². The van der Waals surface area contributed by atoms with Crippen LogP contribution in [0.4, 0.5) is 14.5 Å². The maximum absolute atomic E-state index is 13.9. The Kier molecular flexibility index (Phi) is 5.71. The number of hydrogen-bond acceptors (Lipinski definition) is 4. The molecule has 21 heavy (non-hydrogen) atoms. The average Bonchev–Trinajstić information content (AvgIpc) is 2.39. The predicted molar refractivity (Wildman–Crippen MR) is 70.8 cm³/mol. The zero-order valence-electron chi connectivity index (χ0n) is 11.6. The van der Waals surface area contributed by atoms with Gasteiger partial charge in [-0.25, -0.2) is 4.39 Å². The van der Waals surface area contributed by atoms with Crippen molar-refractivity contribution in [1.29, 1.82) is 0 Å². The molecule has 0 aromatic heterocycles. The van der Waals surface area contributed by atoms with Gasteiger partial charge >= 0.3 is 5.69 Å². The van der Waals surface area contributed by atoms with Gasteiger partial charge in [-0.3, -0.25) is 14.9 Å². The molecule has 1 aromatic rings. The first-order valence-electron chi connectivity index (χ1n) is 6.33. The smallest absolute Gasteiger partial charge is 0.308 e. The molecule has 0 aliphatic heterocycles. The topological polar surface area (TPSA) is 92.5 Å². The molecule has 0 bridgehead atoms. The number of rotatable bonds is 6. The van der Waals surface area contributed by atoms with Crippen LogP contribution in [0, 0.1) is 27.7 Å². The average molecular weight is 302 g/mol. The van der Waals surface area contributed by atoms with Gasteiger partial charge in [0.2, 0.25) is 5.82 Å². The molecule has 1 atom stereocenters. The van der Waals surface area contributed by atoms with Crippen LogP contribution in [-0.4, -0.2) is 28.6 Å². The fraction of sp³-hybridized carbons (Fsp3) is 0.462. The van der Waals surface area contributed by atoms with Crippen LogP contribution < -0.4 is 5.32 Å². The van der Waals surface area contributed by atoms with Gasteiger partial charge in [0, 0.05) is 12.6 Å². The maximum atomic E-state index is 13.9. The SMILES string of the molecule is CC(C)C(CCO)NC(=O)c1cc(F)cc([N+](=O)[O-])c1F. The van der Waals surface area contributed by atoms with Crippen molar-refractivity contribution in [3.63, 3.8) is 0 Å². The molecule has 0 saturated heterocycles. The zero-order valence-corrected chi connectivity index (χ0v) is 11.6. The van der Waals surface area contributed by atoms with Crippen molar-refractivity contribution in [3.05, 3.63) is 39.4 Å². The van der Waals surface area contributed by atoms with Crippen LogP contribution in [0.3, 0.4) is 0 Å². The van der Waals surface area contributed by atoms with Crippen molar-refractivity contribution in [2.45, 2.75) is 26.3 Å². The van der Waals surface area contributed by atoms with Crippen molar-refractivity contribution in [2.24, 2.45) is 5.92 Å². The van der Waals surface area contributed by atoms with Gasteiger partial charge in [-0.2, -0.15) is 4.39 Å². The Bertz CT molecular complexity index is 549. The van der Waals surface area contributed by atoms with E-state index >= 15 is 0 Å². The third-order valence-electron chi connectivity index (χ3n) is 3.02. The molecule has 1 amide bonds. The molecule has 0 spiro atoms. The van der Waals surface area contributed by atoms with Gasteiger partial charge in [-0.05, 0) is 18.4 Å². The molecule has 1 rings (SSSR count). The highest BCUT2D eigenvalue weighted by Gasteiger charge is 2.26. The van der Waals surface area contributed by atoms with Crippen LogP contribution in [0.5, 0.6) is 0 Å². The molecule has 6 nitrogen and oxygen atoms in total. The monoisotopic (exact) mass is 302 g/mol. The van der Waals surface area contributed by atoms with E-state index in [0.29, 0.717) is 12.1 Å². The second kappa shape index (κ2) is 7.07. The van der Waals surface area contributed by atoms with Gasteiger partial charge in [-0.1, -0.05) is 13.8 Å². The van der Waals surface area contributed by atoms with Gasteiger partial charge in [0.05, 0.1) is 16.6 Å². The first-order valence-corrected chi connectivity index (χ1v) is 6.33. The number of carbonyl (C=O) groups is 1. The number of halogens is 2. The Balaban J connectivity index is 3.10.